The Kier molecular flexibility index (Phi) is 4.73. The van der Waals surface area contributed by atoms with Crippen molar-refractivity contribution in [3.8, 4) is 0 Å². The predicted octanol–water partition coefficient (Wildman–Crippen LogP) is 3.78. The second-order valence-corrected chi connectivity index (χ2v) is 6.20. The molecule has 0 spiro atoms. The summed E-state index contributed by atoms with van der Waals surface area (Å²) in [6.07, 6.45) is 0. The van der Waals surface area contributed by atoms with Crippen LogP contribution in [0.3, 0.4) is 0 Å². The summed E-state index contributed by atoms with van der Waals surface area (Å²) >= 11 is 17.2. The number of nitrogens with one attached hydrogen (secondary N) is 2. The molecule has 0 aliphatic heterocycles. The molecule has 1 aromatic carbocycles. The fourth-order valence-electron chi connectivity index (χ4n) is 1.83. The quantitative estimate of drug-likeness (QED) is 0.837. The van der Waals surface area contributed by atoms with Gasteiger partial charge in [-0.1, -0.05) is 37.0 Å². The molecule has 4 nitrogen and oxygen atoms in total. The Balaban J connectivity index is 2.30. The molecular formula is C13H15Cl2N3OS. The predicted molar refractivity (Wildman–Crippen MR) is 85.0 cm³/mol. The maximum atomic E-state index is 11.9. The van der Waals surface area contributed by atoms with Gasteiger partial charge in [-0.3, -0.25) is 4.79 Å². The van der Waals surface area contributed by atoms with Crippen LogP contribution in [-0.2, 0) is 11.3 Å². The first-order chi connectivity index (χ1) is 9.38. The highest BCUT2D eigenvalue weighted by Crippen LogP contribution is 2.27. The third kappa shape index (κ3) is 3.34. The second kappa shape index (κ2) is 6.16. The summed E-state index contributed by atoms with van der Waals surface area (Å²) < 4.78 is 2.18. The fourth-order valence-corrected chi connectivity index (χ4v) is 2.42. The number of imidazole rings is 1. The van der Waals surface area contributed by atoms with Gasteiger partial charge in [0.1, 0.15) is 6.54 Å². The molecular weight excluding hydrogens is 317 g/mol. The summed E-state index contributed by atoms with van der Waals surface area (Å²) in [7, 11) is 0. The average Bonchev–Trinajstić information content (AvgIpc) is 2.64. The second-order valence-electron chi connectivity index (χ2n) is 5.00. The molecule has 108 valence electrons. The molecule has 20 heavy (non-hydrogen) atoms. The standard InChI is InChI=1S/C13H15Cl2N3OS/c1-7(2)5-16-12(19)6-18-11-4-9(15)8(14)3-10(11)17-13(18)20/h3-4,7H,5-6H2,1-2H3,(H,16,19)(H,17,20). The lowest BCUT2D eigenvalue weighted by atomic mass is 10.2. The van der Waals surface area contributed by atoms with Crippen LogP contribution in [0, 0.1) is 10.7 Å². The number of aromatic amines is 1. The smallest absolute Gasteiger partial charge is 0.240 e. The molecule has 2 rings (SSSR count). The summed E-state index contributed by atoms with van der Waals surface area (Å²) in [6, 6.07) is 3.42. The first kappa shape index (κ1) is 15.4. The van der Waals surface area contributed by atoms with E-state index in [-0.39, 0.29) is 12.5 Å². The number of amides is 1. The molecule has 1 heterocycles. The van der Waals surface area contributed by atoms with Gasteiger partial charge in [-0.05, 0) is 30.3 Å². The van der Waals surface area contributed by atoms with E-state index in [1.807, 2.05) is 13.8 Å². The zero-order valence-corrected chi connectivity index (χ0v) is 13.5. The number of halogens is 2. The van der Waals surface area contributed by atoms with Gasteiger partial charge >= 0.3 is 0 Å². The van der Waals surface area contributed by atoms with E-state index < -0.39 is 0 Å². The minimum atomic E-state index is -0.0817. The molecule has 1 aromatic heterocycles. The molecule has 2 aromatic rings. The number of nitrogens with zero attached hydrogens (tertiary/aromatic N) is 1. The summed E-state index contributed by atoms with van der Waals surface area (Å²) in [4.78, 5) is 14.9. The van der Waals surface area contributed by atoms with Crippen LogP contribution in [-0.4, -0.2) is 22.0 Å². The highest BCUT2D eigenvalue weighted by Gasteiger charge is 2.11. The lowest BCUT2D eigenvalue weighted by molar-refractivity contribution is -0.121. The van der Waals surface area contributed by atoms with E-state index in [1.54, 1.807) is 16.7 Å². The number of benzene rings is 1. The van der Waals surface area contributed by atoms with Crippen molar-refractivity contribution in [2.45, 2.75) is 20.4 Å². The molecule has 0 saturated carbocycles. The Hall–Kier alpha value is -1.04. The number of hydrogen-bond acceptors (Lipinski definition) is 2. The van der Waals surface area contributed by atoms with E-state index in [1.165, 1.54) is 0 Å². The molecule has 0 unspecified atom stereocenters. The van der Waals surface area contributed by atoms with E-state index in [4.69, 9.17) is 35.4 Å². The van der Waals surface area contributed by atoms with Crippen molar-refractivity contribution >= 4 is 52.4 Å². The first-order valence-corrected chi connectivity index (χ1v) is 7.39. The van der Waals surface area contributed by atoms with Crippen molar-refractivity contribution in [2.24, 2.45) is 5.92 Å². The third-order valence-corrected chi connectivity index (χ3v) is 3.87. The molecule has 0 saturated heterocycles. The number of carbonyl (C=O) groups excluding carboxylic acids is 1. The molecule has 1 amide bonds. The van der Waals surface area contributed by atoms with E-state index in [0.717, 1.165) is 11.0 Å². The van der Waals surface area contributed by atoms with Gasteiger partial charge < -0.3 is 14.9 Å². The van der Waals surface area contributed by atoms with Gasteiger partial charge in [0, 0.05) is 6.54 Å². The number of rotatable bonds is 4. The normalized spacial score (nSPS) is 11.2. The Bertz CT molecular complexity index is 705. The monoisotopic (exact) mass is 331 g/mol. The van der Waals surface area contributed by atoms with Gasteiger partial charge in [-0.15, -0.1) is 0 Å². The molecule has 7 heteroatoms. The third-order valence-electron chi connectivity index (χ3n) is 2.83. The van der Waals surface area contributed by atoms with Crippen LogP contribution in [0.15, 0.2) is 12.1 Å². The highest BCUT2D eigenvalue weighted by molar-refractivity contribution is 7.71. The molecule has 2 N–H and O–H groups in total. The summed E-state index contributed by atoms with van der Waals surface area (Å²) in [6.45, 7) is 4.88. The zero-order valence-electron chi connectivity index (χ0n) is 11.2. The maximum absolute atomic E-state index is 11.9. The minimum absolute atomic E-state index is 0.0817. The Morgan fingerprint density at radius 1 is 1.40 bits per heavy atom. The molecule has 0 atom stereocenters. The van der Waals surface area contributed by atoms with E-state index in [9.17, 15) is 4.79 Å². The molecule has 0 fully saturated rings. The zero-order chi connectivity index (χ0) is 14.9. The van der Waals surface area contributed by atoms with Crippen LogP contribution in [0.5, 0.6) is 0 Å². The lowest BCUT2D eigenvalue weighted by Crippen LogP contribution is -2.30. The maximum Gasteiger partial charge on any atom is 0.240 e. The highest BCUT2D eigenvalue weighted by atomic mass is 35.5. The summed E-state index contributed by atoms with van der Waals surface area (Å²) in [5, 5.41) is 3.74. The Morgan fingerprint density at radius 3 is 2.70 bits per heavy atom. The van der Waals surface area contributed by atoms with Gasteiger partial charge in [0.05, 0.1) is 21.1 Å². The lowest BCUT2D eigenvalue weighted by Gasteiger charge is -2.09. The van der Waals surface area contributed by atoms with Crippen LogP contribution < -0.4 is 5.32 Å². The van der Waals surface area contributed by atoms with E-state index >= 15 is 0 Å². The van der Waals surface area contributed by atoms with Crippen LogP contribution in [0.25, 0.3) is 11.0 Å². The number of H-pyrrole nitrogens is 1. The van der Waals surface area contributed by atoms with Gasteiger partial charge in [0.25, 0.3) is 0 Å². The summed E-state index contributed by atoms with van der Waals surface area (Å²) in [5.41, 5.74) is 1.53. The van der Waals surface area contributed by atoms with Crippen LogP contribution in [0.1, 0.15) is 13.8 Å². The number of carbonyl (C=O) groups is 1. The van der Waals surface area contributed by atoms with Crippen molar-refractivity contribution in [3.05, 3.63) is 26.9 Å². The van der Waals surface area contributed by atoms with E-state index in [2.05, 4.69) is 10.3 Å². The number of fused-ring (bicyclic) bond motifs is 1. The largest absolute Gasteiger partial charge is 0.354 e. The van der Waals surface area contributed by atoms with Gasteiger partial charge in [0.2, 0.25) is 5.91 Å². The first-order valence-electron chi connectivity index (χ1n) is 6.22. The van der Waals surface area contributed by atoms with Crippen molar-refractivity contribution in [3.63, 3.8) is 0 Å². The molecule has 0 bridgehead atoms. The van der Waals surface area contributed by atoms with E-state index in [0.29, 0.717) is 27.3 Å². The number of hydrogen-bond donors (Lipinski definition) is 2. The van der Waals surface area contributed by atoms with Gasteiger partial charge in [0.15, 0.2) is 4.77 Å². The molecule has 0 aliphatic rings. The van der Waals surface area contributed by atoms with Crippen LogP contribution in [0.4, 0.5) is 0 Å². The summed E-state index contributed by atoms with van der Waals surface area (Å²) in [5.74, 6) is 0.324. The Morgan fingerprint density at radius 2 is 2.05 bits per heavy atom. The van der Waals surface area contributed by atoms with Crippen LogP contribution in [0.2, 0.25) is 10.0 Å². The average molecular weight is 332 g/mol. The van der Waals surface area contributed by atoms with Crippen molar-refractivity contribution in [1.29, 1.82) is 0 Å². The van der Waals surface area contributed by atoms with Crippen molar-refractivity contribution in [2.75, 3.05) is 6.54 Å². The van der Waals surface area contributed by atoms with Gasteiger partial charge in [-0.25, -0.2) is 0 Å². The van der Waals surface area contributed by atoms with Gasteiger partial charge in [-0.2, -0.15) is 0 Å². The number of aromatic nitrogens is 2. The topological polar surface area (TPSA) is 49.8 Å². The van der Waals surface area contributed by atoms with Crippen LogP contribution >= 0.6 is 35.4 Å². The fraction of sp³-hybridized carbons (Fsp3) is 0.385. The Labute approximate surface area is 132 Å². The SMILES string of the molecule is CC(C)CNC(=O)Cn1c(=S)[nH]c2cc(Cl)c(Cl)cc21. The molecule has 0 radical (unpaired) electrons. The molecule has 0 aliphatic carbocycles. The van der Waals surface area contributed by atoms with Crippen molar-refractivity contribution < 1.29 is 4.79 Å². The minimum Gasteiger partial charge on any atom is -0.354 e. The van der Waals surface area contributed by atoms with Crippen molar-refractivity contribution in [1.82, 2.24) is 14.9 Å².